The lowest BCUT2D eigenvalue weighted by Crippen LogP contribution is -2.48. The predicted octanol–water partition coefficient (Wildman–Crippen LogP) is 2.92. The van der Waals surface area contributed by atoms with Crippen LogP contribution in [-0.4, -0.2) is 45.2 Å². The molecule has 0 saturated carbocycles. The molecule has 1 aliphatic heterocycles. The van der Waals surface area contributed by atoms with Gasteiger partial charge in [0, 0.05) is 32.0 Å². The summed E-state index contributed by atoms with van der Waals surface area (Å²) in [5.74, 6) is -0.483. The Morgan fingerprint density at radius 3 is 2.79 bits per heavy atom. The number of hydrogen-bond acceptors (Lipinski definition) is 4. The third-order valence-corrected chi connectivity index (χ3v) is 4.89. The van der Waals surface area contributed by atoms with Gasteiger partial charge in [0.1, 0.15) is 11.5 Å². The fourth-order valence-corrected chi connectivity index (χ4v) is 3.46. The second kappa shape index (κ2) is 8.50. The molecule has 1 atom stereocenters. The maximum absolute atomic E-state index is 14.1. The zero-order valence-electron chi connectivity index (χ0n) is 15.4. The summed E-state index contributed by atoms with van der Waals surface area (Å²) in [6.45, 7) is 3.76. The van der Waals surface area contributed by atoms with Crippen LogP contribution in [-0.2, 0) is 0 Å². The van der Waals surface area contributed by atoms with Gasteiger partial charge in [-0.3, -0.25) is 9.78 Å². The number of para-hydroxylation sites is 1. The van der Waals surface area contributed by atoms with Crippen LogP contribution in [0.4, 0.5) is 4.39 Å². The van der Waals surface area contributed by atoms with Crippen LogP contribution < -0.4 is 5.32 Å². The van der Waals surface area contributed by atoms with Gasteiger partial charge in [-0.2, -0.15) is 5.10 Å². The first-order valence-electron chi connectivity index (χ1n) is 8.88. The lowest BCUT2D eigenvalue weighted by atomic mass is 10.0. The van der Waals surface area contributed by atoms with Crippen LogP contribution in [0.2, 0.25) is 0 Å². The van der Waals surface area contributed by atoms with Gasteiger partial charge in [-0.25, -0.2) is 9.07 Å². The molecule has 1 unspecified atom stereocenters. The van der Waals surface area contributed by atoms with E-state index < -0.39 is 0 Å². The largest absolute Gasteiger partial charge is 0.329 e. The number of carbonyl (C=O) groups is 1. The zero-order valence-corrected chi connectivity index (χ0v) is 16.2. The Bertz CT molecular complexity index is 962. The van der Waals surface area contributed by atoms with E-state index >= 15 is 0 Å². The normalized spacial score (nSPS) is 16.5. The second-order valence-corrected chi connectivity index (χ2v) is 6.51. The van der Waals surface area contributed by atoms with Crippen molar-refractivity contribution in [1.82, 2.24) is 25.0 Å². The molecule has 0 aliphatic carbocycles. The van der Waals surface area contributed by atoms with Crippen LogP contribution >= 0.6 is 12.4 Å². The predicted molar refractivity (Wildman–Crippen MR) is 106 cm³/mol. The smallest absolute Gasteiger partial charge is 0.257 e. The highest BCUT2D eigenvalue weighted by Gasteiger charge is 2.30. The van der Waals surface area contributed by atoms with Crippen molar-refractivity contribution in [1.29, 1.82) is 0 Å². The van der Waals surface area contributed by atoms with Crippen LogP contribution in [0.15, 0.2) is 55.0 Å². The molecule has 1 fully saturated rings. The summed E-state index contributed by atoms with van der Waals surface area (Å²) in [7, 11) is 0. The molecule has 1 aromatic carbocycles. The summed E-state index contributed by atoms with van der Waals surface area (Å²) in [5.41, 5.74) is 2.41. The standard InChI is InChI=1S/C20H20FN5O.ClH/c1-14-16(12-24-26(14)18-7-3-2-6-17(18)21)20(27)25-10-9-23-13-19(25)15-5-4-8-22-11-15;/h2-8,11-12,19,23H,9-10,13H2,1H3;1H. The van der Waals surface area contributed by atoms with Crippen molar-refractivity contribution in [3.8, 4) is 5.69 Å². The van der Waals surface area contributed by atoms with Crippen molar-refractivity contribution in [2.24, 2.45) is 0 Å². The Hall–Kier alpha value is -2.77. The average molecular weight is 402 g/mol. The number of nitrogens with one attached hydrogen (secondary N) is 1. The molecule has 6 nitrogen and oxygen atoms in total. The average Bonchev–Trinajstić information content (AvgIpc) is 3.09. The van der Waals surface area contributed by atoms with E-state index in [2.05, 4.69) is 15.4 Å². The molecular formula is C20H21ClFN5O. The third kappa shape index (κ3) is 3.63. The van der Waals surface area contributed by atoms with E-state index in [1.165, 1.54) is 16.9 Å². The van der Waals surface area contributed by atoms with Crippen LogP contribution in [0.1, 0.15) is 27.7 Å². The molecular weight excluding hydrogens is 381 g/mol. The fourth-order valence-electron chi connectivity index (χ4n) is 3.46. The Kier molecular flexibility index (Phi) is 6.06. The molecule has 1 N–H and O–H groups in total. The summed E-state index contributed by atoms with van der Waals surface area (Å²) in [6, 6.07) is 10.1. The van der Waals surface area contributed by atoms with E-state index in [1.807, 2.05) is 17.0 Å². The molecule has 28 heavy (non-hydrogen) atoms. The SMILES string of the molecule is Cc1c(C(=O)N2CCNCC2c2cccnc2)cnn1-c1ccccc1F.Cl. The van der Waals surface area contributed by atoms with E-state index in [9.17, 15) is 9.18 Å². The topological polar surface area (TPSA) is 63.1 Å². The summed E-state index contributed by atoms with van der Waals surface area (Å²) >= 11 is 0. The second-order valence-electron chi connectivity index (χ2n) is 6.51. The Labute approximate surface area is 168 Å². The fraction of sp³-hybridized carbons (Fsp3) is 0.250. The zero-order chi connectivity index (χ0) is 18.8. The van der Waals surface area contributed by atoms with Gasteiger partial charge < -0.3 is 10.2 Å². The maximum atomic E-state index is 14.1. The first-order valence-corrected chi connectivity index (χ1v) is 8.88. The molecule has 1 saturated heterocycles. The molecule has 1 aliphatic rings. The minimum atomic E-state index is -0.377. The van der Waals surface area contributed by atoms with E-state index in [0.29, 0.717) is 30.0 Å². The highest BCUT2D eigenvalue weighted by molar-refractivity contribution is 5.95. The molecule has 0 radical (unpaired) electrons. The van der Waals surface area contributed by atoms with Gasteiger partial charge in [0.25, 0.3) is 5.91 Å². The van der Waals surface area contributed by atoms with Gasteiger partial charge in [-0.05, 0) is 30.7 Å². The number of piperazine rings is 1. The molecule has 2 aromatic heterocycles. The number of hydrogen-bond donors (Lipinski definition) is 1. The highest BCUT2D eigenvalue weighted by atomic mass is 35.5. The quantitative estimate of drug-likeness (QED) is 0.733. The molecule has 4 rings (SSSR count). The van der Waals surface area contributed by atoms with Crippen molar-refractivity contribution < 1.29 is 9.18 Å². The van der Waals surface area contributed by atoms with Gasteiger partial charge in [0.2, 0.25) is 0 Å². The van der Waals surface area contributed by atoms with E-state index in [1.54, 1.807) is 37.5 Å². The first kappa shape index (κ1) is 20.0. The van der Waals surface area contributed by atoms with Crippen LogP contribution in [0.5, 0.6) is 0 Å². The number of amides is 1. The van der Waals surface area contributed by atoms with E-state index in [0.717, 1.165) is 12.1 Å². The number of pyridine rings is 1. The molecule has 0 bridgehead atoms. The first-order chi connectivity index (χ1) is 13.2. The van der Waals surface area contributed by atoms with Gasteiger partial charge in [-0.1, -0.05) is 18.2 Å². The van der Waals surface area contributed by atoms with E-state index in [4.69, 9.17) is 0 Å². The molecule has 3 heterocycles. The maximum Gasteiger partial charge on any atom is 0.257 e. The lowest BCUT2D eigenvalue weighted by molar-refractivity contribution is 0.0633. The van der Waals surface area contributed by atoms with Gasteiger partial charge >= 0.3 is 0 Å². The number of halogens is 2. The molecule has 3 aromatic rings. The van der Waals surface area contributed by atoms with Crippen molar-refractivity contribution in [2.45, 2.75) is 13.0 Å². The van der Waals surface area contributed by atoms with Gasteiger partial charge in [0.05, 0.1) is 23.5 Å². The Morgan fingerprint density at radius 2 is 2.04 bits per heavy atom. The van der Waals surface area contributed by atoms with Crippen molar-refractivity contribution >= 4 is 18.3 Å². The third-order valence-electron chi connectivity index (χ3n) is 4.89. The van der Waals surface area contributed by atoms with E-state index in [-0.39, 0.29) is 30.2 Å². The Morgan fingerprint density at radius 1 is 1.21 bits per heavy atom. The molecule has 0 spiro atoms. The number of aromatic nitrogens is 3. The summed E-state index contributed by atoms with van der Waals surface area (Å²) < 4.78 is 15.6. The highest BCUT2D eigenvalue weighted by Crippen LogP contribution is 2.25. The van der Waals surface area contributed by atoms with Crippen LogP contribution in [0.3, 0.4) is 0 Å². The summed E-state index contributed by atoms with van der Waals surface area (Å²) in [5, 5.41) is 7.59. The number of benzene rings is 1. The minimum absolute atomic E-state index is 0. The van der Waals surface area contributed by atoms with Crippen molar-refractivity contribution in [2.75, 3.05) is 19.6 Å². The van der Waals surface area contributed by atoms with Crippen LogP contribution in [0, 0.1) is 12.7 Å². The minimum Gasteiger partial charge on any atom is -0.329 e. The van der Waals surface area contributed by atoms with Crippen molar-refractivity contribution in [3.63, 3.8) is 0 Å². The monoisotopic (exact) mass is 401 g/mol. The number of carbonyl (C=O) groups excluding carboxylic acids is 1. The lowest BCUT2D eigenvalue weighted by Gasteiger charge is -2.36. The van der Waals surface area contributed by atoms with Crippen molar-refractivity contribution in [3.05, 3.63) is 77.6 Å². The van der Waals surface area contributed by atoms with Gasteiger partial charge in [-0.15, -0.1) is 12.4 Å². The van der Waals surface area contributed by atoms with Crippen LogP contribution in [0.25, 0.3) is 5.69 Å². The molecule has 146 valence electrons. The molecule has 8 heteroatoms. The number of nitrogens with zero attached hydrogens (tertiary/aromatic N) is 4. The molecule has 1 amide bonds. The summed E-state index contributed by atoms with van der Waals surface area (Å²) in [6.07, 6.45) is 5.02. The Balaban J connectivity index is 0.00000225. The summed E-state index contributed by atoms with van der Waals surface area (Å²) in [4.78, 5) is 19.3. The van der Waals surface area contributed by atoms with Gasteiger partial charge in [0.15, 0.2) is 0 Å². The number of rotatable bonds is 3.